The van der Waals surface area contributed by atoms with Crippen molar-refractivity contribution in [2.75, 3.05) is 0 Å². The molecule has 0 saturated heterocycles. The van der Waals surface area contributed by atoms with Gasteiger partial charge in [0.15, 0.2) is 5.11 Å². The maximum Gasteiger partial charge on any atom is 0.355 e. The van der Waals surface area contributed by atoms with Gasteiger partial charge in [0.1, 0.15) is 18.5 Å². The summed E-state index contributed by atoms with van der Waals surface area (Å²) in [5.74, 6) is -3.05. The second kappa shape index (κ2) is 12.1. The van der Waals surface area contributed by atoms with Crippen molar-refractivity contribution >= 4 is 46.1 Å². The van der Waals surface area contributed by atoms with Crippen molar-refractivity contribution in [1.82, 2.24) is 20.2 Å². The number of carbonyl (C=O) groups is 3. The molecular weight excluding hydrogens is 611 g/mol. The van der Waals surface area contributed by atoms with Crippen molar-refractivity contribution in [1.29, 1.82) is 0 Å². The Balaban J connectivity index is 1.33. The number of ether oxygens (including phenoxy) is 2. The van der Waals surface area contributed by atoms with Gasteiger partial charge in [-0.05, 0) is 67.0 Å². The van der Waals surface area contributed by atoms with Gasteiger partial charge in [-0.3, -0.25) is 14.9 Å². The number of nitrogens with one attached hydrogen (secondary N) is 2. The van der Waals surface area contributed by atoms with Crippen LogP contribution >= 0.6 is 12.2 Å². The van der Waals surface area contributed by atoms with Crippen LogP contribution in [-0.4, -0.2) is 38.6 Å². The summed E-state index contributed by atoms with van der Waals surface area (Å²) in [5.41, 5.74) is 1.16. The Bertz CT molecular complexity index is 1980. The monoisotopic (exact) mass is 642 g/mol. The molecule has 12 heteroatoms. The molecule has 4 heterocycles. The first kappa shape index (κ1) is 31.0. The molecule has 0 spiro atoms. The summed E-state index contributed by atoms with van der Waals surface area (Å²) in [7, 11) is 0. The van der Waals surface area contributed by atoms with E-state index in [0.29, 0.717) is 24.4 Å². The predicted octanol–water partition coefficient (Wildman–Crippen LogP) is 4.49. The maximum absolute atomic E-state index is 13.9. The Hall–Kier alpha value is -4.97. The third-order valence-corrected chi connectivity index (χ3v) is 8.97. The molecule has 10 nitrogen and oxygen atoms in total. The number of para-hydroxylation sites is 1. The SMILES string of the molecule is CC[C@H](C)[C@H](NC(=S)NC(=O)c1ccc(F)cc1)C(=O)O[C@]1(CC)C(=O)OCc2c1cc1n(c2=O)Cc2cc3ccccc3nc2-1. The Labute approximate surface area is 268 Å². The quantitative estimate of drug-likeness (QED) is 0.195. The first-order valence-corrected chi connectivity index (χ1v) is 15.4. The second-order valence-corrected chi connectivity index (χ2v) is 11.9. The lowest BCUT2D eigenvalue weighted by Gasteiger charge is -2.37. The van der Waals surface area contributed by atoms with Crippen molar-refractivity contribution in [3.05, 3.63) is 99.1 Å². The minimum atomic E-state index is -1.91. The number of nitrogens with zero attached hydrogens (tertiary/aromatic N) is 2. The lowest BCUT2D eigenvalue weighted by Crippen LogP contribution is -2.54. The van der Waals surface area contributed by atoms with Crippen LogP contribution in [0, 0.1) is 11.7 Å². The first-order valence-electron chi connectivity index (χ1n) is 15.0. The van der Waals surface area contributed by atoms with Gasteiger partial charge in [0.25, 0.3) is 11.5 Å². The molecule has 1 amide bonds. The number of carbonyl (C=O) groups excluding carboxylic acids is 3. The van der Waals surface area contributed by atoms with Crippen LogP contribution in [0.1, 0.15) is 60.7 Å². The normalized spacial score (nSPS) is 17.6. The third-order valence-electron chi connectivity index (χ3n) is 8.75. The summed E-state index contributed by atoms with van der Waals surface area (Å²) in [6, 6.07) is 15.2. The number of hydrogen-bond donors (Lipinski definition) is 2. The van der Waals surface area contributed by atoms with Crippen LogP contribution in [0.25, 0.3) is 22.3 Å². The number of rotatable bonds is 7. The van der Waals surface area contributed by atoms with Gasteiger partial charge < -0.3 is 19.4 Å². The predicted molar refractivity (Wildman–Crippen MR) is 171 cm³/mol. The molecule has 0 aliphatic carbocycles. The van der Waals surface area contributed by atoms with E-state index in [-0.39, 0.29) is 46.3 Å². The largest absolute Gasteiger partial charge is 0.457 e. The Kier molecular flexibility index (Phi) is 8.15. The molecule has 236 valence electrons. The van der Waals surface area contributed by atoms with Crippen LogP contribution in [0.5, 0.6) is 0 Å². The molecule has 0 unspecified atom stereocenters. The Morgan fingerprint density at radius 1 is 1.13 bits per heavy atom. The van der Waals surface area contributed by atoms with E-state index >= 15 is 0 Å². The van der Waals surface area contributed by atoms with Gasteiger partial charge in [0.2, 0.25) is 5.60 Å². The van der Waals surface area contributed by atoms with Gasteiger partial charge in [0.05, 0.1) is 29.0 Å². The topological polar surface area (TPSA) is 129 Å². The molecule has 0 saturated carbocycles. The van der Waals surface area contributed by atoms with Crippen molar-refractivity contribution in [3.8, 4) is 11.4 Å². The molecule has 4 aromatic rings. The van der Waals surface area contributed by atoms with Gasteiger partial charge in [-0.2, -0.15) is 0 Å². The Morgan fingerprint density at radius 2 is 1.87 bits per heavy atom. The minimum Gasteiger partial charge on any atom is -0.457 e. The highest BCUT2D eigenvalue weighted by molar-refractivity contribution is 7.80. The van der Waals surface area contributed by atoms with E-state index in [1.54, 1.807) is 24.5 Å². The van der Waals surface area contributed by atoms with Gasteiger partial charge in [-0.1, -0.05) is 45.4 Å². The molecule has 3 atom stereocenters. The van der Waals surface area contributed by atoms with E-state index in [9.17, 15) is 23.6 Å². The van der Waals surface area contributed by atoms with Crippen LogP contribution in [0.3, 0.4) is 0 Å². The van der Waals surface area contributed by atoms with E-state index in [0.717, 1.165) is 28.6 Å². The number of benzene rings is 2. The van der Waals surface area contributed by atoms with Crippen LogP contribution in [-0.2, 0) is 37.8 Å². The smallest absolute Gasteiger partial charge is 0.355 e. The number of hydrogen-bond acceptors (Lipinski definition) is 8. The summed E-state index contributed by atoms with van der Waals surface area (Å²) in [5, 5.41) is 6.14. The van der Waals surface area contributed by atoms with Gasteiger partial charge in [-0.15, -0.1) is 0 Å². The summed E-state index contributed by atoms with van der Waals surface area (Å²) in [6.45, 7) is 5.38. The molecule has 0 fully saturated rings. The fourth-order valence-corrected chi connectivity index (χ4v) is 6.16. The third kappa shape index (κ3) is 5.32. The van der Waals surface area contributed by atoms with Crippen molar-refractivity contribution < 1.29 is 28.2 Å². The van der Waals surface area contributed by atoms with E-state index in [1.165, 1.54) is 12.1 Å². The molecular formula is C34H31FN4O6S. The summed E-state index contributed by atoms with van der Waals surface area (Å²) in [6.07, 6.45) is 0.511. The van der Waals surface area contributed by atoms with E-state index in [1.807, 2.05) is 37.3 Å². The zero-order valence-electron chi connectivity index (χ0n) is 25.4. The summed E-state index contributed by atoms with van der Waals surface area (Å²) >= 11 is 5.34. The molecule has 46 heavy (non-hydrogen) atoms. The molecule has 0 radical (unpaired) electrons. The van der Waals surface area contributed by atoms with E-state index in [2.05, 4.69) is 10.6 Å². The standard InChI is InChI=1S/C34H31FN4O6S/c1-4-18(3)27(37-33(46)38-29(40)19-10-12-22(35)13-11-19)31(42)45-34(5-2)24-15-26-28-21(14-20-8-6-7-9-25(20)36-28)16-39(26)30(41)23(24)17-44-32(34)43/h6-15,18,27H,4-5,16-17H2,1-3H3,(H2,37,38,40,46)/t18-,27-,34-/m0/s1. The highest BCUT2D eigenvalue weighted by atomic mass is 32.1. The number of amides is 1. The summed E-state index contributed by atoms with van der Waals surface area (Å²) in [4.78, 5) is 58.8. The first-order chi connectivity index (χ1) is 22.1. The number of pyridine rings is 2. The van der Waals surface area contributed by atoms with Gasteiger partial charge in [-0.25, -0.2) is 19.0 Å². The van der Waals surface area contributed by atoms with Crippen LogP contribution in [0.15, 0.2) is 65.5 Å². The average Bonchev–Trinajstić information content (AvgIpc) is 3.41. The number of esters is 2. The zero-order valence-corrected chi connectivity index (χ0v) is 26.2. The number of aromatic nitrogens is 2. The molecule has 2 aromatic heterocycles. The maximum atomic E-state index is 13.9. The number of halogens is 1. The van der Waals surface area contributed by atoms with Crippen LogP contribution < -0.4 is 16.2 Å². The van der Waals surface area contributed by atoms with Crippen molar-refractivity contribution in [2.24, 2.45) is 5.92 Å². The zero-order chi connectivity index (χ0) is 32.7. The van der Waals surface area contributed by atoms with Gasteiger partial charge in [0, 0.05) is 22.1 Å². The molecule has 6 rings (SSSR count). The minimum absolute atomic E-state index is 0.00948. The summed E-state index contributed by atoms with van der Waals surface area (Å²) < 4.78 is 26.5. The lowest BCUT2D eigenvalue weighted by atomic mass is 9.85. The van der Waals surface area contributed by atoms with Gasteiger partial charge >= 0.3 is 11.9 Å². The number of thiocarbonyl (C=S) groups is 1. The fourth-order valence-electron chi connectivity index (χ4n) is 5.94. The van der Waals surface area contributed by atoms with Crippen LogP contribution in [0.2, 0.25) is 0 Å². The van der Waals surface area contributed by atoms with Crippen molar-refractivity contribution in [3.63, 3.8) is 0 Å². The highest BCUT2D eigenvalue weighted by Gasteiger charge is 2.51. The number of fused-ring (bicyclic) bond motifs is 5. The fraction of sp³-hybridized carbons (Fsp3) is 0.294. The molecule has 2 N–H and O–H groups in total. The van der Waals surface area contributed by atoms with Crippen molar-refractivity contribution in [2.45, 2.75) is 58.4 Å². The average molecular weight is 643 g/mol. The highest BCUT2D eigenvalue weighted by Crippen LogP contribution is 2.41. The Morgan fingerprint density at radius 3 is 2.59 bits per heavy atom. The lowest BCUT2D eigenvalue weighted by molar-refractivity contribution is -0.191. The second-order valence-electron chi connectivity index (χ2n) is 11.5. The number of cyclic esters (lactones) is 1. The molecule has 2 aliphatic rings. The van der Waals surface area contributed by atoms with E-state index < -0.39 is 35.3 Å². The molecule has 0 bridgehead atoms. The molecule has 2 aliphatic heterocycles. The van der Waals surface area contributed by atoms with E-state index in [4.69, 9.17) is 26.7 Å². The molecule has 2 aromatic carbocycles. The van der Waals surface area contributed by atoms with Crippen LogP contribution in [0.4, 0.5) is 4.39 Å².